The molecular weight excluding hydrogens is 471 g/mol. The molecule has 0 aliphatic carbocycles. The van der Waals surface area contributed by atoms with Gasteiger partial charge in [0.2, 0.25) is 0 Å². The van der Waals surface area contributed by atoms with Gasteiger partial charge in [-0.1, -0.05) is 0 Å². The van der Waals surface area contributed by atoms with Crippen molar-refractivity contribution in [1.29, 1.82) is 0 Å². The summed E-state index contributed by atoms with van der Waals surface area (Å²) >= 11 is 0. The Hall–Kier alpha value is -1.06. The Kier molecular flexibility index (Phi) is 8.81. The molecule has 0 bridgehead atoms. The lowest BCUT2D eigenvalue weighted by Gasteiger charge is -2.24. The Morgan fingerprint density at radius 1 is 1.14 bits per heavy atom. The van der Waals surface area contributed by atoms with Crippen molar-refractivity contribution in [2.45, 2.75) is 30.7 Å². The van der Waals surface area contributed by atoms with Crippen molar-refractivity contribution in [3.8, 4) is 0 Å². The fourth-order valence-corrected chi connectivity index (χ4v) is 4.89. The van der Waals surface area contributed by atoms with Gasteiger partial charge in [-0.25, -0.2) is 13.7 Å². The van der Waals surface area contributed by atoms with Crippen molar-refractivity contribution >= 4 is 31.3 Å². The van der Waals surface area contributed by atoms with Crippen LogP contribution in [0.1, 0.15) is 6.42 Å². The number of azide groups is 1. The van der Waals surface area contributed by atoms with E-state index in [9.17, 15) is 23.0 Å². The molecule has 0 aromatic rings. The normalized spacial score (nSPS) is 28.2. The van der Waals surface area contributed by atoms with E-state index in [1.807, 2.05) is 0 Å². The summed E-state index contributed by atoms with van der Waals surface area (Å²) in [5.41, 5.74) is 16.6. The van der Waals surface area contributed by atoms with Crippen LogP contribution in [0.25, 0.3) is 20.9 Å². The van der Waals surface area contributed by atoms with Crippen LogP contribution in [0.3, 0.4) is 0 Å². The first-order valence-electron chi connectivity index (χ1n) is 6.79. The summed E-state index contributed by atoms with van der Waals surface area (Å²) in [6.45, 7) is -1.02. The summed E-state index contributed by atoms with van der Waals surface area (Å²) in [4.78, 5) is 39.4. The van der Waals surface area contributed by atoms with Gasteiger partial charge in [0.1, 0.15) is 14.0 Å². The fourth-order valence-electron chi connectivity index (χ4n) is 1.86. The molecule has 29 heavy (non-hydrogen) atoms. The predicted molar refractivity (Wildman–Crippen MR) is 85.9 cm³/mol. The number of rotatable bonds is 11. The van der Waals surface area contributed by atoms with Gasteiger partial charge >= 0.3 is 29.6 Å². The maximum absolute atomic E-state index is 14.1. The fraction of sp³-hybridized carbons (Fsp3) is 1.00. The average molecular weight is 482 g/mol. The summed E-state index contributed by atoms with van der Waals surface area (Å²) in [6, 6.07) is -1.14. The first-order valence-corrected chi connectivity index (χ1v) is 11.3. The largest absolute Gasteiger partial charge is 0.490 e. The molecule has 0 amide bonds. The lowest BCUT2D eigenvalue weighted by molar-refractivity contribution is -0.184. The number of halogens is 1. The number of phosphoric acid groups is 3. The molecule has 1 aliphatic rings. The molecule has 162 valence electrons. The Bertz CT molecular complexity index is 826. The molecule has 0 aromatic carbocycles. The molecule has 1 saturated heterocycles. The standard InChI is InChI=1S/C6H11BFN6O12P3/c7-5-1-3(24-6(8,11-13-9)12-14-10)4(23-5)2-22-28(18,19)26-29(20,21)25-27(15,16)17/h3-5H,1-2H2,(H,18,19)(H,20,21)(H2,15,16,17)/t3?,4-,5-/m1/s1. The van der Waals surface area contributed by atoms with Crippen LogP contribution in [0.5, 0.6) is 0 Å². The van der Waals surface area contributed by atoms with Crippen LogP contribution in [-0.4, -0.2) is 58.3 Å². The second-order valence-electron chi connectivity index (χ2n) is 4.90. The molecule has 0 spiro atoms. The van der Waals surface area contributed by atoms with Crippen molar-refractivity contribution < 1.29 is 60.3 Å². The first kappa shape index (κ1) is 26.0. The number of nitrogens with zero attached hydrogens (tertiary/aromatic N) is 6. The lowest BCUT2D eigenvalue weighted by atomic mass is 9.96. The predicted octanol–water partition coefficient (Wildman–Crippen LogP) is 1.20. The summed E-state index contributed by atoms with van der Waals surface area (Å²) < 4.78 is 68.5. The Balaban J connectivity index is 2.83. The number of phosphoric ester groups is 1. The van der Waals surface area contributed by atoms with E-state index in [1.165, 1.54) is 0 Å². The quantitative estimate of drug-likeness (QED) is 0.0807. The zero-order valence-electron chi connectivity index (χ0n) is 13.7. The Labute approximate surface area is 161 Å². The smallest absolute Gasteiger partial charge is 0.380 e. The van der Waals surface area contributed by atoms with E-state index in [1.54, 1.807) is 0 Å². The van der Waals surface area contributed by atoms with Crippen molar-refractivity contribution in [3.05, 3.63) is 20.9 Å². The maximum Gasteiger partial charge on any atom is 0.490 e. The molecule has 1 rings (SSSR count). The second-order valence-corrected chi connectivity index (χ2v) is 9.32. The number of hydrogen-bond acceptors (Lipinski definition) is 10. The van der Waals surface area contributed by atoms with E-state index in [0.717, 1.165) is 0 Å². The third-order valence-corrected chi connectivity index (χ3v) is 6.49. The highest BCUT2D eigenvalue weighted by Gasteiger charge is 2.44. The van der Waals surface area contributed by atoms with Gasteiger partial charge in [0.15, 0.2) is 0 Å². The highest BCUT2D eigenvalue weighted by atomic mass is 31.3. The van der Waals surface area contributed by atoms with Crippen LogP contribution in [-0.2, 0) is 36.3 Å². The number of alkyl halides is 1. The molecule has 18 nitrogen and oxygen atoms in total. The monoisotopic (exact) mass is 482 g/mol. The van der Waals surface area contributed by atoms with E-state index < -0.39 is 54.4 Å². The van der Waals surface area contributed by atoms with Gasteiger partial charge in [-0.15, -0.1) is 0 Å². The van der Waals surface area contributed by atoms with Gasteiger partial charge in [-0.3, -0.25) is 4.52 Å². The van der Waals surface area contributed by atoms with Gasteiger partial charge in [0.05, 0.1) is 12.7 Å². The van der Waals surface area contributed by atoms with E-state index >= 15 is 0 Å². The summed E-state index contributed by atoms with van der Waals surface area (Å²) in [6.07, 6.45) is -6.80. The molecule has 2 radical (unpaired) electrons. The van der Waals surface area contributed by atoms with E-state index in [-0.39, 0.29) is 6.42 Å². The SMILES string of the molecule is [B][C@H]1CC(OC(F)(N=[N+]=[N-])N=[N+]=[N-])[C@@H](COP(=O)(O)OP(=O)(O)OP(=O)(O)O)O1. The zero-order valence-corrected chi connectivity index (χ0v) is 16.4. The van der Waals surface area contributed by atoms with Crippen molar-refractivity contribution in [2.24, 2.45) is 10.2 Å². The van der Waals surface area contributed by atoms with Gasteiger partial charge in [0, 0.05) is 15.8 Å². The summed E-state index contributed by atoms with van der Waals surface area (Å²) in [7, 11) is -11.4. The lowest BCUT2D eigenvalue weighted by Crippen LogP contribution is -2.35. The minimum Gasteiger partial charge on any atom is -0.380 e. The molecule has 1 fully saturated rings. The van der Waals surface area contributed by atoms with Crippen LogP contribution in [0.4, 0.5) is 4.39 Å². The molecule has 4 N–H and O–H groups in total. The van der Waals surface area contributed by atoms with E-state index in [2.05, 4.69) is 37.9 Å². The Morgan fingerprint density at radius 2 is 1.69 bits per heavy atom. The van der Waals surface area contributed by atoms with E-state index in [4.69, 9.17) is 38.3 Å². The van der Waals surface area contributed by atoms with Crippen molar-refractivity contribution in [1.82, 2.24) is 0 Å². The van der Waals surface area contributed by atoms with Crippen molar-refractivity contribution in [3.63, 3.8) is 0 Å². The molecule has 3 unspecified atom stereocenters. The molecule has 1 heterocycles. The molecule has 1 aliphatic heterocycles. The second kappa shape index (κ2) is 9.83. The topological polar surface area (TPSA) is 276 Å². The minimum atomic E-state index is -5.74. The van der Waals surface area contributed by atoms with Crippen LogP contribution in [0, 0.1) is 0 Å². The van der Waals surface area contributed by atoms with E-state index in [0.29, 0.717) is 0 Å². The number of ether oxygens (including phenoxy) is 2. The highest BCUT2D eigenvalue weighted by Crippen LogP contribution is 2.66. The third-order valence-electron chi connectivity index (χ3n) is 2.68. The van der Waals surface area contributed by atoms with Gasteiger partial charge in [0.25, 0.3) is 0 Å². The molecular formula is C6H11BFN6O12P3. The minimum absolute atomic E-state index is 0.308. The summed E-state index contributed by atoms with van der Waals surface area (Å²) in [5.74, 6) is 0. The first-order chi connectivity index (χ1) is 13.1. The summed E-state index contributed by atoms with van der Waals surface area (Å²) in [5, 5.41) is 5.01. The van der Waals surface area contributed by atoms with Gasteiger partial charge < -0.3 is 29.0 Å². The van der Waals surface area contributed by atoms with Crippen LogP contribution < -0.4 is 0 Å². The van der Waals surface area contributed by atoms with Gasteiger partial charge in [-0.05, 0) is 27.7 Å². The Morgan fingerprint density at radius 3 is 2.17 bits per heavy atom. The van der Waals surface area contributed by atoms with Crippen LogP contribution in [0.2, 0.25) is 0 Å². The van der Waals surface area contributed by atoms with Gasteiger partial charge in [-0.2, -0.15) is 13.0 Å². The van der Waals surface area contributed by atoms with Crippen LogP contribution in [0.15, 0.2) is 10.2 Å². The maximum atomic E-state index is 14.1. The van der Waals surface area contributed by atoms with Crippen molar-refractivity contribution in [2.75, 3.05) is 6.61 Å². The molecule has 23 heteroatoms. The highest BCUT2D eigenvalue weighted by molar-refractivity contribution is 7.66. The average Bonchev–Trinajstić information content (AvgIpc) is 2.81. The molecule has 5 atom stereocenters. The molecule has 0 aromatic heterocycles. The zero-order chi connectivity index (χ0) is 22.5. The number of hydrogen-bond donors (Lipinski definition) is 4. The third kappa shape index (κ3) is 9.53. The molecule has 0 saturated carbocycles. The van der Waals surface area contributed by atoms with Crippen LogP contribution >= 0.6 is 23.5 Å².